The first kappa shape index (κ1) is 14.0. The summed E-state index contributed by atoms with van der Waals surface area (Å²) in [5, 5.41) is 0. The minimum absolute atomic E-state index is 0.222. The average molecular weight is 279 g/mol. The van der Waals surface area contributed by atoms with E-state index >= 15 is 0 Å². The Morgan fingerprint density at radius 2 is 1.95 bits per heavy atom. The van der Waals surface area contributed by atoms with Crippen molar-refractivity contribution < 1.29 is 8.78 Å². The van der Waals surface area contributed by atoms with E-state index in [9.17, 15) is 8.78 Å². The molecule has 19 heavy (non-hydrogen) atoms. The number of benzene rings is 2. The predicted molar refractivity (Wildman–Crippen MR) is 75.2 cm³/mol. The van der Waals surface area contributed by atoms with Crippen molar-refractivity contribution in [2.45, 2.75) is 17.9 Å². The molecule has 0 aliphatic rings. The fourth-order valence-electron chi connectivity index (χ4n) is 1.78. The van der Waals surface area contributed by atoms with Gasteiger partial charge in [-0.1, -0.05) is 17.7 Å². The standard InChI is InChI=1S/C15H15F2NS/c1-10-3-2-4-12(7-10)19-9-15(18)13-8-11(16)5-6-14(13)17/h2-8,15H,9,18H2,1H3. The molecular formula is C15H15F2NS. The Morgan fingerprint density at radius 1 is 1.16 bits per heavy atom. The van der Waals surface area contributed by atoms with Crippen molar-refractivity contribution in [2.75, 3.05) is 5.75 Å². The summed E-state index contributed by atoms with van der Waals surface area (Å²) in [7, 11) is 0. The lowest BCUT2D eigenvalue weighted by Crippen LogP contribution is -2.15. The van der Waals surface area contributed by atoms with E-state index in [0.29, 0.717) is 5.75 Å². The maximum atomic E-state index is 13.6. The lowest BCUT2D eigenvalue weighted by molar-refractivity contribution is 0.573. The SMILES string of the molecule is Cc1cccc(SCC(N)c2cc(F)ccc2F)c1. The number of nitrogens with two attached hydrogens (primary N) is 1. The third-order valence-electron chi connectivity index (χ3n) is 2.78. The fraction of sp³-hybridized carbons (Fsp3) is 0.200. The number of rotatable bonds is 4. The molecule has 0 amide bonds. The highest BCUT2D eigenvalue weighted by Crippen LogP contribution is 2.25. The molecule has 0 aliphatic heterocycles. The topological polar surface area (TPSA) is 26.0 Å². The first-order valence-electron chi connectivity index (χ1n) is 5.96. The van der Waals surface area contributed by atoms with Gasteiger partial charge in [0.1, 0.15) is 11.6 Å². The van der Waals surface area contributed by atoms with E-state index in [-0.39, 0.29) is 5.56 Å². The molecule has 0 aromatic heterocycles. The Balaban J connectivity index is 2.05. The molecule has 1 unspecified atom stereocenters. The highest BCUT2D eigenvalue weighted by Gasteiger charge is 2.13. The molecule has 2 aromatic rings. The summed E-state index contributed by atoms with van der Waals surface area (Å²) in [4.78, 5) is 1.08. The summed E-state index contributed by atoms with van der Waals surface area (Å²) in [5.41, 5.74) is 7.31. The second kappa shape index (κ2) is 6.17. The zero-order chi connectivity index (χ0) is 13.8. The molecule has 0 bridgehead atoms. The van der Waals surface area contributed by atoms with Gasteiger partial charge in [0, 0.05) is 22.3 Å². The Bertz CT molecular complexity index is 572. The molecule has 0 fully saturated rings. The van der Waals surface area contributed by atoms with Gasteiger partial charge in [0.25, 0.3) is 0 Å². The highest BCUT2D eigenvalue weighted by molar-refractivity contribution is 7.99. The molecule has 0 spiro atoms. The monoisotopic (exact) mass is 279 g/mol. The minimum Gasteiger partial charge on any atom is -0.323 e. The summed E-state index contributed by atoms with van der Waals surface area (Å²) in [6.45, 7) is 2.01. The van der Waals surface area contributed by atoms with E-state index in [4.69, 9.17) is 5.73 Å². The largest absolute Gasteiger partial charge is 0.323 e. The van der Waals surface area contributed by atoms with Gasteiger partial charge in [0.15, 0.2) is 0 Å². The van der Waals surface area contributed by atoms with Gasteiger partial charge in [0.05, 0.1) is 0 Å². The predicted octanol–water partition coefficient (Wildman–Crippen LogP) is 4.07. The van der Waals surface area contributed by atoms with Crippen LogP contribution in [0.4, 0.5) is 8.78 Å². The molecule has 0 radical (unpaired) electrons. The van der Waals surface area contributed by atoms with Gasteiger partial charge >= 0.3 is 0 Å². The Morgan fingerprint density at radius 3 is 2.68 bits per heavy atom. The van der Waals surface area contributed by atoms with Gasteiger partial charge in [-0.15, -0.1) is 11.8 Å². The van der Waals surface area contributed by atoms with Crippen molar-refractivity contribution in [3.63, 3.8) is 0 Å². The molecular weight excluding hydrogens is 264 g/mol. The summed E-state index contributed by atoms with van der Waals surface area (Å²) in [6, 6.07) is 10.8. The quantitative estimate of drug-likeness (QED) is 0.854. The van der Waals surface area contributed by atoms with Crippen LogP contribution in [0.5, 0.6) is 0 Å². The first-order chi connectivity index (χ1) is 9.06. The molecule has 1 atom stereocenters. The molecule has 0 saturated carbocycles. The van der Waals surface area contributed by atoms with Crippen LogP contribution in [0.2, 0.25) is 0 Å². The van der Waals surface area contributed by atoms with Crippen LogP contribution in [0, 0.1) is 18.6 Å². The molecule has 0 saturated heterocycles. The number of halogens is 2. The lowest BCUT2D eigenvalue weighted by atomic mass is 10.1. The van der Waals surface area contributed by atoms with Crippen molar-refractivity contribution in [1.82, 2.24) is 0 Å². The van der Waals surface area contributed by atoms with E-state index in [1.54, 1.807) is 0 Å². The molecule has 0 heterocycles. The third-order valence-corrected chi connectivity index (χ3v) is 3.89. The molecule has 0 aliphatic carbocycles. The van der Waals surface area contributed by atoms with Crippen LogP contribution in [0.3, 0.4) is 0 Å². The smallest absolute Gasteiger partial charge is 0.128 e. The second-order valence-electron chi connectivity index (χ2n) is 4.40. The van der Waals surface area contributed by atoms with Crippen LogP contribution in [0.25, 0.3) is 0 Å². The van der Waals surface area contributed by atoms with E-state index in [1.165, 1.54) is 11.8 Å². The minimum atomic E-state index is -0.527. The maximum Gasteiger partial charge on any atom is 0.128 e. The summed E-state index contributed by atoms with van der Waals surface area (Å²) in [6.07, 6.45) is 0. The van der Waals surface area contributed by atoms with E-state index in [1.807, 2.05) is 31.2 Å². The zero-order valence-electron chi connectivity index (χ0n) is 10.6. The number of hydrogen-bond acceptors (Lipinski definition) is 2. The molecule has 100 valence electrons. The average Bonchev–Trinajstić information content (AvgIpc) is 2.39. The zero-order valence-corrected chi connectivity index (χ0v) is 11.4. The van der Waals surface area contributed by atoms with Gasteiger partial charge < -0.3 is 5.73 Å². The maximum absolute atomic E-state index is 13.6. The Kier molecular flexibility index (Phi) is 4.56. The van der Waals surface area contributed by atoms with Crippen LogP contribution in [0.15, 0.2) is 47.4 Å². The van der Waals surface area contributed by atoms with Crippen molar-refractivity contribution in [2.24, 2.45) is 5.73 Å². The molecule has 2 rings (SSSR count). The van der Waals surface area contributed by atoms with Gasteiger partial charge in [-0.2, -0.15) is 0 Å². The summed E-state index contributed by atoms with van der Waals surface area (Å²) < 4.78 is 26.6. The first-order valence-corrected chi connectivity index (χ1v) is 6.95. The van der Waals surface area contributed by atoms with Crippen LogP contribution >= 0.6 is 11.8 Å². The van der Waals surface area contributed by atoms with Crippen molar-refractivity contribution in [3.05, 3.63) is 65.2 Å². The van der Waals surface area contributed by atoms with Crippen LogP contribution in [0.1, 0.15) is 17.2 Å². The Labute approximate surface area is 115 Å². The summed E-state index contributed by atoms with van der Waals surface area (Å²) >= 11 is 1.54. The van der Waals surface area contributed by atoms with Gasteiger partial charge in [-0.05, 0) is 37.3 Å². The Hall–Kier alpha value is -1.39. The lowest BCUT2D eigenvalue weighted by Gasteiger charge is -2.13. The van der Waals surface area contributed by atoms with Crippen LogP contribution in [-0.4, -0.2) is 5.75 Å². The molecule has 2 aromatic carbocycles. The van der Waals surface area contributed by atoms with E-state index in [2.05, 4.69) is 0 Å². The number of aryl methyl sites for hydroxylation is 1. The number of thioether (sulfide) groups is 1. The van der Waals surface area contributed by atoms with Crippen molar-refractivity contribution in [3.8, 4) is 0 Å². The highest BCUT2D eigenvalue weighted by atomic mass is 32.2. The molecule has 1 nitrogen and oxygen atoms in total. The van der Waals surface area contributed by atoms with Crippen LogP contribution < -0.4 is 5.73 Å². The molecule has 2 N–H and O–H groups in total. The van der Waals surface area contributed by atoms with Gasteiger partial charge in [-0.25, -0.2) is 8.78 Å². The van der Waals surface area contributed by atoms with E-state index in [0.717, 1.165) is 28.7 Å². The third kappa shape index (κ3) is 3.78. The van der Waals surface area contributed by atoms with Crippen molar-refractivity contribution >= 4 is 11.8 Å². The van der Waals surface area contributed by atoms with Gasteiger partial charge in [-0.3, -0.25) is 0 Å². The number of hydrogen-bond donors (Lipinski definition) is 1. The fourth-order valence-corrected chi connectivity index (χ4v) is 2.78. The van der Waals surface area contributed by atoms with Gasteiger partial charge in [0.2, 0.25) is 0 Å². The molecule has 4 heteroatoms. The van der Waals surface area contributed by atoms with Crippen molar-refractivity contribution in [1.29, 1.82) is 0 Å². The normalized spacial score (nSPS) is 12.4. The van der Waals surface area contributed by atoms with Crippen LogP contribution in [-0.2, 0) is 0 Å². The second-order valence-corrected chi connectivity index (χ2v) is 5.49. The van der Waals surface area contributed by atoms with E-state index < -0.39 is 17.7 Å². The summed E-state index contributed by atoms with van der Waals surface area (Å²) in [5.74, 6) is -0.421.